The minimum absolute atomic E-state index is 0.0733. The summed E-state index contributed by atoms with van der Waals surface area (Å²) in [6.07, 6.45) is -10.9. The van der Waals surface area contributed by atoms with E-state index in [-0.39, 0.29) is 17.1 Å². The van der Waals surface area contributed by atoms with Crippen molar-refractivity contribution in [2.75, 3.05) is 6.61 Å². The molecule has 0 radical (unpaired) electrons. The maximum Gasteiger partial charge on any atom is 0.406 e. The molecule has 0 fully saturated rings. The molecule has 1 aromatic carbocycles. The van der Waals surface area contributed by atoms with E-state index in [4.69, 9.17) is 0 Å². The predicted molar refractivity (Wildman–Crippen MR) is 59.9 cm³/mol. The predicted octanol–water partition coefficient (Wildman–Crippen LogP) is 4.96. The van der Waals surface area contributed by atoms with Gasteiger partial charge in [-0.3, -0.25) is 0 Å². The first-order valence-electron chi connectivity index (χ1n) is 5.00. The van der Waals surface area contributed by atoms with Crippen molar-refractivity contribution in [2.45, 2.75) is 19.3 Å². The molecular formula is C11H9BrF6O. The minimum atomic E-state index is -5.45. The van der Waals surface area contributed by atoms with Gasteiger partial charge in [0.25, 0.3) is 0 Å². The van der Waals surface area contributed by atoms with Gasteiger partial charge in [-0.2, -0.15) is 26.3 Å². The van der Waals surface area contributed by atoms with Gasteiger partial charge in [-0.05, 0) is 35.0 Å². The summed E-state index contributed by atoms with van der Waals surface area (Å²) in [7, 11) is 0. The summed E-state index contributed by atoms with van der Waals surface area (Å²) in [5, 5.41) is 0. The van der Waals surface area contributed by atoms with Crippen LogP contribution in [0.4, 0.5) is 26.3 Å². The third-order valence-corrected chi connectivity index (χ3v) is 3.26. The van der Waals surface area contributed by atoms with Crippen molar-refractivity contribution in [3.63, 3.8) is 0 Å². The zero-order chi connectivity index (χ0) is 14.9. The van der Waals surface area contributed by atoms with Gasteiger partial charge >= 0.3 is 12.4 Å². The first kappa shape index (κ1) is 16.1. The molecule has 19 heavy (non-hydrogen) atoms. The lowest BCUT2D eigenvalue weighted by molar-refractivity contribution is -0.340. The Hall–Kier alpha value is -0.920. The average molecular weight is 351 g/mol. The van der Waals surface area contributed by atoms with Crippen LogP contribution in [0.3, 0.4) is 0 Å². The topological polar surface area (TPSA) is 9.23 Å². The molecular weight excluding hydrogens is 342 g/mol. The fourth-order valence-corrected chi connectivity index (χ4v) is 1.51. The second kappa shape index (κ2) is 5.22. The van der Waals surface area contributed by atoms with E-state index in [1.165, 1.54) is 18.2 Å². The van der Waals surface area contributed by atoms with Crippen molar-refractivity contribution in [1.82, 2.24) is 0 Å². The third-order valence-electron chi connectivity index (χ3n) is 2.60. The number of hydrogen-bond acceptors (Lipinski definition) is 1. The Balaban J connectivity index is 2.97. The van der Waals surface area contributed by atoms with Crippen LogP contribution in [0.15, 0.2) is 28.7 Å². The number of ether oxygens (including phenoxy) is 1. The molecule has 0 spiro atoms. The molecule has 0 saturated heterocycles. The molecule has 0 aliphatic heterocycles. The summed E-state index contributed by atoms with van der Waals surface area (Å²) < 4.78 is 80.5. The summed E-state index contributed by atoms with van der Waals surface area (Å²) in [5.74, 6) is -0.0813. The van der Waals surface area contributed by atoms with Crippen LogP contribution in [-0.2, 0) is 0 Å². The van der Waals surface area contributed by atoms with Gasteiger partial charge in [-0.1, -0.05) is 12.1 Å². The Bertz CT molecular complexity index is 426. The zero-order valence-electron chi connectivity index (χ0n) is 9.57. The molecule has 0 atom stereocenters. The molecule has 0 unspecified atom stereocenters. The lowest BCUT2D eigenvalue weighted by Gasteiger charge is -2.33. The lowest BCUT2D eigenvalue weighted by atomic mass is 9.90. The minimum Gasteiger partial charge on any atom is -0.491 e. The van der Waals surface area contributed by atoms with Crippen LogP contribution in [0.2, 0.25) is 0 Å². The molecule has 0 heterocycles. The largest absolute Gasteiger partial charge is 0.491 e. The first-order chi connectivity index (χ1) is 8.49. The van der Waals surface area contributed by atoms with Gasteiger partial charge < -0.3 is 4.74 Å². The van der Waals surface area contributed by atoms with Crippen LogP contribution in [-0.4, -0.2) is 19.0 Å². The smallest absolute Gasteiger partial charge is 0.406 e. The highest BCUT2D eigenvalue weighted by Crippen LogP contribution is 2.50. The highest BCUT2D eigenvalue weighted by atomic mass is 79.9. The molecule has 0 amide bonds. The Morgan fingerprint density at radius 3 is 1.89 bits per heavy atom. The van der Waals surface area contributed by atoms with E-state index < -0.39 is 24.4 Å². The lowest BCUT2D eigenvalue weighted by Crippen LogP contribution is -2.51. The van der Waals surface area contributed by atoms with E-state index in [2.05, 4.69) is 20.7 Å². The van der Waals surface area contributed by atoms with Crippen molar-refractivity contribution in [1.29, 1.82) is 0 Å². The van der Waals surface area contributed by atoms with Crippen molar-refractivity contribution < 1.29 is 31.1 Å². The van der Waals surface area contributed by atoms with E-state index in [9.17, 15) is 26.3 Å². The molecule has 0 N–H and O–H groups in total. The van der Waals surface area contributed by atoms with Gasteiger partial charge in [-0.25, -0.2) is 0 Å². The van der Waals surface area contributed by atoms with Gasteiger partial charge in [0.2, 0.25) is 0 Å². The number of alkyl halides is 6. The van der Waals surface area contributed by atoms with E-state index >= 15 is 0 Å². The third kappa shape index (κ3) is 3.34. The molecule has 0 bridgehead atoms. The number of benzene rings is 1. The molecule has 0 aliphatic rings. The van der Waals surface area contributed by atoms with Crippen LogP contribution < -0.4 is 4.74 Å². The van der Waals surface area contributed by atoms with E-state index in [0.717, 1.165) is 0 Å². The molecule has 1 nitrogen and oxygen atoms in total. The van der Waals surface area contributed by atoms with Crippen LogP contribution in [0.25, 0.3) is 0 Å². The van der Waals surface area contributed by atoms with E-state index in [1.807, 2.05) is 0 Å². The molecule has 0 aliphatic carbocycles. The molecule has 108 valence electrons. The second-order valence-corrected chi connectivity index (χ2v) is 4.90. The molecule has 0 saturated carbocycles. The van der Waals surface area contributed by atoms with Gasteiger partial charge in [0, 0.05) is 0 Å². The molecule has 8 heteroatoms. The van der Waals surface area contributed by atoms with Crippen molar-refractivity contribution in [3.05, 3.63) is 28.7 Å². The van der Waals surface area contributed by atoms with Crippen molar-refractivity contribution >= 4 is 15.9 Å². The fraction of sp³-hybridized carbons (Fsp3) is 0.455. The quantitative estimate of drug-likeness (QED) is 0.700. The summed E-state index contributed by atoms with van der Waals surface area (Å²) in [6.45, 7) is -1.47. The van der Waals surface area contributed by atoms with Gasteiger partial charge in [-0.15, -0.1) is 0 Å². The van der Waals surface area contributed by atoms with Crippen LogP contribution >= 0.6 is 15.9 Å². The number of rotatable bonds is 3. The van der Waals surface area contributed by atoms with Gasteiger partial charge in [0.1, 0.15) is 12.4 Å². The average Bonchev–Trinajstić information content (AvgIpc) is 2.24. The first-order valence-corrected chi connectivity index (χ1v) is 5.79. The van der Waals surface area contributed by atoms with Gasteiger partial charge in [0.15, 0.2) is 5.41 Å². The van der Waals surface area contributed by atoms with Crippen molar-refractivity contribution in [2.24, 2.45) is 5.41 Å². The molecule has 0 aromatic heterocycles. The summed E-state index contributed by atoms with van der Waals surface area (Å²) in [6, 6.07) is 5.73. The Morgan fingerprint density at radius 1 is 1.00 bits per heavy atom. The molecule has 1 rings (SSSR count). The maximum absolute atomic E-state index is 12.6. The van der Waals surface area contributed by atoms with E-state index in [1.54, 1.807) is 6.07 Å². The SMILES string of the molecule is CC(COc1ccccc1Br)(C(F)(F)F)C(F)(F)F. The number of hydrogen-bond donors (Lipinski definition) is 0. The zero-order valence-corrected chi connectivity index (χ0v) is 11.2. The normalized spacial score (nSPS) is 13.5. The highest BCUT2D eigenvalue weighted by molar-refractivity contribution is 9.10. The van der Waals surface area contributed by atoms with Crippen molar-refractivity contribution in [3.8, 4) is 5.75 Å². The fourth-order valence-electron chi connectivity index (χ4n) is 1.11. The Morgan fingerprint density at radius 2 is 1.47 bits per heavy atom. The highest BCUT2D eigenvalue weighted by Gasteiger charge is 2.68. The molecule has 1 aromatic rings. The standard InChI is InChI=1S/C11H9BrF6O/c1-9(10(13,14)15,11(16,17)18)6-19-8-5-3-2-4-7(8)12/h2-5H,6H2,1H3. The maximum atomic E-state index is 12.6. The van der Waals surface area contributed by atoms with E-state index in [0.29, 0.717) is 0 Å². The summed E-state index contributed by atoms with van der Waals surface area (Å²) in [5.41, 5.74) is -3.92. The Kier molecular flexibility index (Phi) is 4.44. The Labute approximate surface area is 113 Å². The summed E-state index contributed by atoms with van der Waals surface area (Å²) in [4.78, 5) is 0. The van der Waals surface area contributed by atoms with Crippen LogP contribution in [0.1, 0.15) is 6.92 Å². The summed E-state index contributed by atoms with van der Waals surface area (Å²) >= 11 is 2.98. The van der Waals surface area contributed by atoms with Crippen LogP contribution in [0.5, 0.6) is 5.75 Å². The monoisotopic (exact) mass is 350 g/mol. The second-order valence-electron chi connectivity index (χ2n) is 4.05. The number of para-hydroxylation sites is 1. The van der Waals surface area contributed by atoms with Gasteiger partial charge in [0.05, 0.1) is 4.47 Å². The van der Waals surface area contributed by atoms with Crippen LogP contribution in [0, 0.1) is 5.41 Å². The number of halogens is 7.